The Balaban J connectivity index is 2.84. The summed E-state index contributed by atoms with van der Waals surface area (Å²) in [7, 11) is 0. The molecule has 2 nitrogen and oxygen atoms in total. The highest BCUT2D eigenvalue weighted by atomic mass is 19.3. The first-order valence-corrected chi connectivity index (χ1v) is 6.73. The molecule has 1 N–H and O–H groups in total. The summed E-state index contributed by atoms with van der Waals surface area (Å²) in [5.41, 5.74) is 0.864. The van der Waals surface area contributed by atoms with E-state index in [1.54, 1.807) is 12.1 Å². The Morgan fingerprint density at radius 2 is 1.60 bits per heavy atom. The van der Waals surface area contributed by atoms with Crippen LogP contribution in [0.25, 0.3) is 0 Å². The Morgan fingerprint density at radius 3 is 2.00 bits per heavy atom. The molecule has 1 rings (SSSR count). The average molecular weight is 284 g/mol. The van der Waals surface area contributed by atoms with E-state index < -0.39 is 24.2 Å². The summed E-state index contributed by atoms with van der Waals surface area (Å²) >= 11 is 0. The fraction of sp³-hybridized carbons (Fsp3) is 0.562. The normalized spacial score (nSPS) is 14.1. The number of alkyl halides is 2. The standard InChI is InChI=1S/C16H22F2O2/c1-11(9-14(19)20)10-16(17,18)13-7-5-12(6-8-13)15(2,3)4/h5-8,11H,9-10H2,1-4H3,(H,19,20). The van der Waals surface area contributed by atoms with Gasteiger partial charge in [-0.25, -0.2) is 8.78 Å². The van der Waals surface area contributed by atoms with Crippen LogP contribution >= 0.6 is 0 Å². The van der Waals surface area contributed by atoms with Crippen molar-refractivity contribution >= 4 is 5.97 Å². The Morgan fingerprint density at radius 1 is 1.15 bits per heavy atom. The van der Waals surface area contributed by atoms with E-state index in [9.17, 15) is 13.6 Å². The second kappa shape index (κ2) is 5.90. The summed E-state index contributed by atoms with van der Waals surface area (Å²) in [6.45, 7) is 7.60. The zero-order valence-electron chi connectivity index (χ0n) is 12.4. The molecule has 1 aromatic carbocycles. The molecule has 0 aromatic heterocycles. The Hall–Kier alpha value is -1.45. The first-order valence-electron chi connectivity index (χ1n) is 6.73. The number of halogens is 2. The van der Waals surface area contributed by atoms with Crippen LogP contribution in [0.5, 0.6) is 0 Å². The highest BCUT2D eigenvalue weighted by Gasteiger charge is 2.34. The average Bonchev–Trinajstić information content (AvgIpc) is 2.26. The van der Waals surface area contributed by atoms with Crippen molar-refractivity contribution in [2.75, 3.05) is 0 Å². The van der Waals surface area contributed by atoms with Gasteiger partial charge in [0, 0.05) is 18.4 Å². The zero-order chi connectivity index (χ0) is 15.6. The van der Waals surface area contributed by atoms with Crippen molar-refractivity contribution < 1.29 is 18.7 Å². The van der Waals surface area contributed by atoms with E-state index in [1.807, 2.05) is 20.8 Å². The molecule has 1 unspecified atom stereocenters. The van der Waals surface area contributed by atoms with Gasteiger partial charge in [0.25, 0.3) is 5.92 Å². The van der Waals surface area contributed by atoms with E-state index in [0.29, 0.717) is 0 Å². The number of benzene rings is 1. The van der Waals surface area contributed by atoms with Crippen LogP contribution in [0.15, 0.2) is 24.3 Å². The van der Waals surface area contributed by atoms with Crippen LogP contribution < -0.4 is 0 Å². The first kappa shape index (κ1) is 16.6. The first-order chi connectivity index (χ1) is 9.02. The minimum Gasteiger partial charge on any atom is -0.481 e. The predicted molar refractivity (Wildman–Crippen MR) is 75.1 cm³/mol. The minimum atomic E-state index is -2.99. The molecular weight excluding hydrogens is 262 g/mol. The molecule has 0 radical (unpaired) electrons. The number of carbonyl (C=O) groups is 1. The van der Waals surface area contributed by atoms with Crippen LogP contribution in [0.3, 0.4) is 0 Å². The van der Waals surface area contributed by atoms with E-state index in [1.165, 1.54) is 19.1 Å². The lowest BCUT2D eigenvalue weighted by Crippen LogP contribution is -2.19. The summed E-state index contributed by atoms with van der Waals surface area (Å²) < 4.78 is 28.2. The van der Waals surface area contributed by atoms with E-state index in [4.69, 9.17) is 5.11 Å². The molecule has 0 bridgehead atoms. The lowest BCUT2D eigenvalue weighted by atomic mass is 9.85. The molecule has 0 fully saturated rings. The lowest BCUT2D eigenvalue weighted by Gasteiger charge is -2.23. The smallest absolute Gasteiger partial charge is 0.303 e. The van der Waals surface area contributed by atoms with Gasteiger partial charge in [0.2, 0.25) is 0 Å². The third-order valence-corrected chi connectivity index (χ3v) is 3.30. The van der Waals surface area contributed by atoms with Gasteiger partial charge in [-0.15, -0.1) is 0 Å². The third kappa shape index (κ3) is 4.58. The molecule has 0 saturated carbocycles. The van der Waals surface area contributed by atoms with Crippen molar-refractivity contribution in [2.24, 2.45) is 5.92 Å². The third-order valence-electron chi connectivity index (χ3n) is 3.30. The van der Waals surface area contributed by atoms with E-state index >= 15 is 0 Å². The van der Waals surface area contributed by atoms with Gasteiger partial charge in [-0.2, -0.15) is 0 Å². The van der Waals surface area contributed by atoms with Crippen LogP contribution in [0.2, 0.25) is 0 Å². The summed E-state index contributed by atoms with van der Waals surface area (Å²) in [4.78, 5) is 10.5. The van der Waals surface area contributed by atoms with Gasteiger partial charge >= 0.3 is 5.97 Å². The molecule has 0 aliphatic heterocycles. The maximum Gasteiger partial charge on any atom is 0.303 e. The van der Waals surface area contributed by atoms with E-state index in [2.05, 4.69) is 0 Å². The van der Waals surface area contributed by atoms with Crippen LogP contribution in [0.1, 0.15) is 51.7 Å². The van der Waals surface area contributed by atoms with Crippen LogP contribution in [0, 0.1) is 5.92 Å². The van der Waals surface area contributed by atoms with Gasteiger partial charge in [0.15, 0.2) is 0 Å². The van der Waals surface area contributed by atoms with Gasteiger partial charge in [-0.3, -0.25) is 4.79 Å². The Bertz CT molecular complexity index is 458. The van der Waals surface area contributed by atoms with Crippen molar-refractivity contribution in [3.8, 4) is 0 Å². The van der Waals surface area contributed by atoms with Gasteiger partial charge in [-0.1, -0.05) is 52.0 Å². The van der Waals surface area contributed by atoms with Crippen LogP contribution in [0.4, 0.5) is 8.78 Å². The quantitative estimate of drug-likeness (QED) is 0.859. The van der Waals surface area contributed by atoms with Gasteiger partial charge < -0.3 is 5.11 Å². The van der Waals surface area contributed by atoms with Crippen LogP contribution in [-0.2, 0) is 16.1 Å². The fourth-order valence-electron chi connectivity index (χ4n) is 2.14. The maximum absolute atomic E-state index is 14.1. The van der Waals surface area contributed by atoms with Crippen molar-refractivity contribution in [2.45, 2.75) is 51.9 Å². The van der Waals surface area contributed by atoms with E-state index in [0.717, 1.165) is 5.56 Å². The van der Waals surface area contributed by atoms with Crippen molar-refractivity contribution in [3.05, 3.63) is 35.4 Å². The van der Waals surface area contributed by atoms with Crippen molar-refractivity contribution in [1.82, 2.24) is 0 Å². The molecule has 0 aliphatic rings. The largest absolute Gasteiger partial charge is 0.481 e. The molecular formula is C16H22F2O2. The highest BCUT2D eigenvalue weighted by molar-refractivity contribution is 5.66. The topological polar surface area (TPSA) is 37.3 Å². The monoisotopic (exact) mass is 284 g/mol. The number of carboxylic acid groups (broad SMARTS) is 1. The molecule has 0 saturated heterocycles. The summed E-state index contributed by atoms with van der Waals surface area (Å²) in [5, 5.41) is 8.63. The zero-order valence-corrected chi connectivity index (χ0v) is 12.4. The molecule has 0 heterocycles. The molecule has 20 heavy (non-hydrogen) atoms. The molecule has 0 spiro atoms. The number of aliphatic carboxylic acids is 1. The second-order valence-corrected chi connectivity index (χ2v) is 6.44. The summed E-state index contributed by atoms with van der Waals surface area (Å²) in [5.74, 6) is -4.60. The lowest BCUT2D eigenvalue weighted by molar-refractivity contribution is -0.138. The maximum atomic E-state index is 14.1. The number of rotatable bonds is 5. The van der Waals surface area contributed by atoms with Crippen LogP contribution in [-0.4, -0.2) is 11.1 Å². The molecule has 0 aliphatic carbocycles. The van der Waals surface area contributed by atoms with E-state index in [-0.39, 0.29) is 17.4 Å². The molecule has 0 amide bonds. The minimum absolute atomic E-state index is 0.0530. The molecule has 1 aromatic rings. The van der Waals surface area contributed by atoms with Crippen molar-refractivity contribution in [3.63, 3.8) is 0 Å². The SMILES string of the molecule is CC(CC(=O)O)CC(F)(F)c1ccc(C(C)(C)C)cc1. The molecule has 1 atom stereocenters. The number of hydrogen-bond donors (Lipinski definition) is 1. The molecule has 4 heteroatoms. The van der Waals surface area contributed by atoms with Gasteiger partial charge in [0.1, 0.15) is 0 Å². The van der Waals surface area contributed by atoms with Gasteiger partial charge in [0.05, 0.1) is 0 Å². The highest BCUT2D eigenvalue weighted by Crippen LogP contribution is 2.36. The van der Waals surface area contributed by atoms with Gasteiger partial charge in [-0.05, 0) is 16.9 Å². The Kier molecular flexibility index (Phi) is 4.90. The molecule has 112 valence electrons. The predicted octanol–water partition coefficient (Wildman–Crippen LogP) is 4.58. The second-order valence-electron chi connectivity index (χ2n) is 6.44. The summed E-state index contributed by atoms with van der Waals surface area (Å²) in [6.07, 6.45) is -0.691. The number of carboxylic acids is 1. The Labute approximate surface area is 118 Å². The fourth-order valence-corrected chi connectivity index (χ4v) is 2.14. The number of hydrogen-bond acceptors (Lipinski definition) is 1. The van der Waals surface area contributed by atoms with Crippen molar-refractivity contribution in [1.29, 1.82) is 0 Å². The summed E-state index contributed by atoms with van der Waals surface area (Å²) in [6, 6.07) is 6.30.